The number of aryl methyl sites for hydroxylation is 2. The lowest BCUT2D eigenvalue weighted by molar-refractivity contribution is 0.141. The van der Waals surface area contributed by atoms with E-state index in [0.29, 0.717) is 14.9 Å². The summed E-state index contributed by atoms with van der Waals surface area (Å²) in [6, 6.07) is 7.75. The number of thioether (sulfide) groups is 1. The Morgan fingerprint density at radius 3 is 1.47 bits per heavy atom. The minimum absolute atomic E-state index is 0.0110. The Bertz CT molecular complexity index is 3000. The van der Waals surface area contributed by atoms with Gasteiger partial charge in [0.25, 0.3) is 24.0 Å². The largest absolute Gasteiger partial charge is 0.436 e. The van der Waals surface area contributed by atoms with Crippen molar-refractivity contribution < 1.29 is 35.5 Å². The van der Waals surface area contributed by atoms with E-state index in [4.69, 9.17) is 55.9 Å². The predicted octanol–water partition coefficient (Wildman–Crippen LogP) is 8.23. The minimum Gasteiger partial charge on any atom is -0.436 e. The van der Waals surface area contributed by atoms with Gasteiger partial charge in [0.2, 0.25) is 11.8 Å². The molecule has 0 aliphatic rings. The van der Waals surface area contributed by atoms with Crippen molar-refractivity contribution in [3.05, 3.63) is 133 Å². The Balaban J connectivity index is 0.000000235. The summed E-state index contributed by atoms with van der Waals surface area (Å²) in [6.45, 7) is 7.01. The number of sulfone groups is 1. The van der Waals surface area contributed by atoms with Crippen molar-refractivity contribution in [2.45, 2.75) is 50.3 Å². The quantitative estimate of drug-likeness (QED) is 0.0875. The van der Waals surface area contributed by atoms with Crippen molar-refractivity contribution >= 4 is 68.0 Å². The number of pyridine rings is 2. The number of nitrogens with zero attached hydrogens (tertiary/aromatic N) is 6. The number of hydrogen-bond donors (Lipinski definition) is 2. The van der Waals surface area contributed by atoms with E-state index in [1.807, 2.05) is 13.8 Å². The molecule has 0 radical (unpaired) electrons. The fraction of sp³-hybridized carbons (Fsp3) is 0.222. The van der Waals surface area contributed by atoms with Crippen LogP contribution < -0.4 is 32.0 Å². The number of aromatic nitrogens is 8. The lowest BCUT2D eigenvalue weighted by Gasteiger charge is -2.13. The molecule has 0 fully saturated rings. The Hall–Kier alpha value is -5.26. The number of halogens is 8. The van der Waals surface area contributed by atoms with Crippen molar-refractivity contribution in [1.82, 2.24) is 39.5 Å². The molecule has 0 aliphatic heterocycles. The van der Waals surface area contributed by atoms with E-state index in [-0.39, 0.29) is 65.4 Å². The summed E-state index contributed by atoms with van der Waals surface area (Å²) >= 11 is 26.5. The van der Waals surface area contributed by atoms with Crippen molar-refractivity contribution in [2.75, 3.05) is 11.5 Å². The molecule has 0 spiro atoms. The van der Waals surface area contributed by atoms with E-state index < -0.39 is 56.6 Å². The second kappa shape index (κ2) is 19.8. The average molecular weight is 983 g/mol. The Labute approximate surface area is 370 Å². The first-order valence-corrected chi connectivity index (χ1v) is 21.5. The maximum absolute atomic E-state index is 13.0. The minimum atomic E-state index is -3.55. The van der Waals surface area contributed by atoms with E-state index in [1.165, 1.54) is 31.3 Å². The summed E-state index contributed by atoms with van der Waals surface area (Å²) in [5.74, 6) is 0.819. The van der Waals surface area contributed by atoms with Crippen LogP contribution in [0.4, 0.5) is 17.6 Å². The Morgan fingerprint density at radius 2 is 1.08 bits per heavy atom. The summed E-state index contributed by atoms with van der Waals surface area (Å²) < 4.78 is 88.7. The van der Waals surface area contributed by atoms with Gasteiger partial charge in [-0.15, -0.1) is 11.8 Å². The number of ether oxygens (including phenoxy) is 2. The van der Waals surface area contributed by atoms with Gasteiger partial charge in [-0.3, -0.25) is 19.6 Å². The van der Waals surface area contributed by atoms with Gasteiger partial charge in [-0.1, -0.05) is 60.3 Å². The summed E-state index contributed by atoms with van der Waals surface area (Å²) in [7, 11) is -3.55. The Morgan fingerprint density at radius 1 is 0.677 bits per heavy atom. The van der Waals surface area contributed by atoms with Crippen LogP contribution in [0.3, 0.4) is 0 Å². The third kappa shape index (κ3) is 10.8. The highest BCUT2D eigenvalue weighted by molar-refractivity contribution is 7.99. The number of hydrogen-bond acceptors (Lipinski definition) is 13. The van der Waals surface area contributed by atoms with Crippen LogP contribution in [-0.2, 0) is 9.84 Å². The number of rotatable bonds is 12. The molecule has 0 saturated heterocycles. The van der Waals surface area contributed by atoms with Gasteiger partial charge >= 0.3 is 11.4 Å². The van der Waals surface area contributed by atoms with Gasteiger partial charge in [0, 0.05) is 29.4 Å². The number of benzene rings is 2. The van der Waals surface area contributed by atoms with E-state index >= 15 is 0 Å². The maximum atomic E-state index is 13.0. The molecule has 0 aliphatic carbocycles. The lowest BCUT2D eigenvalue weighted by Crippen LogP contribution is -2.34. The molecule has 0 unspecified atom stereocenters. The first-order valence-electron chi connectivity index (χ1n) is 17.3. The van der Waals surface area contributed by atoms with Crippen LogP contribution in [0.25, 0.3) is 11.4 Å². The normalized spacial score (nSPS) is 11.5. The third-order valence-corrected chi connectivity index (χ3v) is 12.1. The number of H-pyrrole nitrogens is 2. The molecule has 16 nitrogen and oxygen atoms in total. The van der Waals surface area contributed by atoms with Crippen LogP contribution in [0.15, 0.2) is 77.8 Å². The average Bonchev–Trinajstić information content (AvgIpc) is 3.19. The second-order valence-corrected chi connectivity index (χ2v) is 17.5. The van der Waals surface area contributed by atoms with Crippen molar-refractivity contribution in [3.8, 4) is 34.6 Å². The van der Waals surface area contributed by atoms with Crippen LogP contribution in [0.5, 0.6) is 23.3 Å². The van der Waals surface area contributed by atoms with Crippen LogP contribution >= 0.6 is 58.2 Å². The highest BCUT2D eigenvalue weighted by atomic mass is 35.5. The zero-order valence-corrected chi connectivity index (χ0v) is 36.6. The maximum Gasteiger partial charge on any atom is 0.349 e. The second-order valence-electron chi connectivity index (χ2n) is 12.3. The van der Waals surface area contributed by atoms with E-state index in [9.17, 15) is 45.2 Å². The Kier molecular flexibility index (Phi) is 15.3. The molecule has 0 bridgehead atoms. The molecule has 6 rings (SSSR count). The molecule has 328 valence electrons. The molecule has 4 heterocycles. The zero-order chi connectivity index (χ0) is 45.8. The summed E-state index contributed by atoms with van der Waals surface area (Å²) in [6.07, 6.45) is -3.43. The van der Waals surface area contributed by atoms with Crippen LogP contribution in [0.1, 0.15) is 49.2 Å². The summed E-state index contributed by atoms with van der Waals surface area (Å²) in [5, 5.41) is 6.44. The molecule has 6 aromatic rings. The fourth-order valence-corrected chi connectivity index (χ4v) is 8.11. The van der Waals surface area contributed by atoms with Crippen molar-refractivity contribution in [1.29, 1.82) is 0 Å². The molecule has 2 aromatic carbocycles. The summed E-state index contributed by atoms with van der Waals surface area (Å²) in [5.41, 5.74) is -5.71. The van der Waals surface area contributed by atoms with Crippen molar-refractivity contribution in [3.63, 3.8) is 0 Å². The number of alkyl halides is 4. The van der Waals surface area contributed by atoms with Crippen LogP contribution in [-0.4, -0.2) is 59.4 Å². The first kappa shape index (κ1) is 47.8. The van der Waals surface area contributed by atoms with Gasteiger partial charge in [-0.05, 0) is 55.0 Å². The molecule has 0 atom stereocenters. The molecular weight excluding hydrogens is 954 g/mol. The molecule has 2 N–H and O–H groups in total. The van der Waals surface area contributed by atoms with E-state index in [1.54, 1.807) is 40.9 Å². The first-order chi connectivity index (χ1) is 29.1. The van der Waals surface area contributed by atoms with Gasteiger partial charge in [0.15, 0.2) is 32.7 Å². The molecule has 4 aromatic heterocycles. The van der Waals surface area contributed by atoms with Crippen LogP contribution in [0.2, 0.25) is 20.1 Å². The topological polar surface area (TPSA) is 214 Å². The molecular formula is C36H28Cl4F4N8O8S2. The van der Waals surface area contributed by atoms with Crippen LogP contribution in [0, 0.1) is 13.8 Å². The monoisotopic (exact) mass is 980 g/mol. The zero-order valence-electron chi connectivity index (χ0n) is 32.0. The highest BCUT2D eigenvalue weighted by Crippen LogP contribution is 2.40. The van der Waals surface area contributed by atoms with Gasteiger partial charge in [0.1, 0.15) is 0 Å². The number of nitrogens with one attached hydrogen (secondary N) is 2. The summed E-state index contributed by atoms with van der Waals surface area (Å²) in [4.78, 5) is 59.7. The standard InChI is InChI=1S/C18H14Cl2F2N4O5S.C18H14Cl2F2N4O3S/c1-3-32(29,30)12-6-13(23-7-8(12)2)31-15-10(19)4-9(5-11(15)20)26-18(28)24-17(27)14(25-26)16(21)22;1-3-30-12-6-13(23-7-8(12)2)29-15-10(19)4-9(5-11(15)20)26-18(28)24-17(27)14(25-26)16(21)22/h4-7,16H,3H2,1-2H3,(H,24,27,28);4-7,16H,3H2,1-2H3,(H,24,27,28). The molecule has 26 heteroatoms. The number of aromatic amines is 2. The fourth-order valence-electron chi connectivity index (χ4n) is 5.09. The SMILES string of the molecule is CCS(=O)(=O)c1cc(Oc2c(Cl)cc(-n3nc(C(F)F)c(=O)[nH]c3=O)cc2Cl)ncc1C.CCSc1cc(Oc2c(Cl)cc(-n3nc(C(F)F)c(=O)[nH]c3=O)cc2Cl)ncc1C. The smallest absolute Gasteiger partial charge is 0.349 e. The van der Waals surface area contributed by atoms with Crippen molar-refractivity contribution in [2.24, 2.45) is 0 Å². The van der Waals surface area contributed by atoms with Gasteiger partial charge in [-0.25, -0.2) is 45.5 Å². The highest BCUT2D eigenvalue weighted by Gasteiger charge is 2.22. The van der Waals surface area contributed by atoms with Gasteiger partial charge in [0.05, 0.1) is 42.1 Å². The molecule has 62 heavy (non-hydrogen) atoms. The molecule has 0 amide bonds. The molecule has 0 saturated carbocycles. The van der Waals surface area contributed by atoms with E-state index in [0.717, 1.165) is 28.3 Å². The van der Waals surface area contributed by atoms with E-state index in [2.05, 4.69) is 20.2 Å². The van der Waals surface area contributed by atoms with Gasteiger partial charge in [-0.2, -0.15) is 19.6 Å². The van der Waals surface area contributed by atoms with Gasteiger partial charge < -0.3 is 9.47 Å². The third-order valence-electron chi connectivity index (χ3n) is 8.06. The lowest BCUT2D eigenvalue weighted by atomic mass is 10.3. The predicted molar refractivity (Wildman–Crippen MR) is 223 cm³/mol.